The molecule has 0 radical (unpaired) electrons. The van der Waals surface area contributed by atoms with Gasteiger partial charge in [0.25, 0.3) is 0 Å². The molecule has 0 aliphatic heterocycles. The number of carbonyl (C=O) groups excluding carboxylic acids is 1. The molecular formula is C20H19FN2O4S. The molecule has 146 valence electrons. The molecule has 3 aromatic rings. The van der Waals surface area contributed by atoms with E-state index >= 15 is 0 Å². The van der Waals surface area contributed by atoms with Crippen LogP contribution in [0.15, 0.2) is 47.3 Å². The van der Waals surface area contributed by atoms with Crippen molar-refractivity contribution in [2.24, 2.45) is 0 Å². The van der Waals surface area contributed by atoms with Gasteiger partial charge in [-0.25, -0.2) is 4.39 Å². The van der Waals surface area contributed by atoms with Crippen LogP contribution in [0.4, 0.5) is 10.1 Å². The quantitative estimate of drug-likeness (QED) is 0.632. The van der Waals surface area contributed by atoms with Crippen LogP contribution < -0.4 is 20.2 Å². The molecule has 3 rings (SSSR count). The zero-order chi connectivity index (χ0) is 20.1. The Hall–Kier alpha value is -3.00. The molecule has 8 heteroatoms. The molecule has 0 saturated carbocycles. The molecule has 0 saturated heterocycles. The van der Waals surface area contributed by atoms with Gasteiger partial charge in [-0.2, -0.15) is 0 Å². The topological polar surface area (TPSA) is 80.4 Å². The van der Waals surface area contributed by atoms with Crippen LogP contribution >= 0.6 is 11.8 Å². The second-order valence-electron chi connectivity index (χ2n) is 5.96. The summed E-state index contributed by atoms with van der Waals surface area (Å²) < 4.78 is 23.7. The molecule has 6 nitrogen and oxygen atoms in total. The number of thioether (sulfide) groups is 1. The van der Waals surface area contributed by atoms with Crippen LogP contribution in [-0.4, -0.2) is 30.9 Å². The zero-order valence-electron chi connectivity index (χ0n) is 15.4. The molecule has 0 unspecified atom stereocenters. The molecule has 0 aliphatic carbocycles. The number of rotatable bonds is 7. The Balaban J connectivity index is 1.62. The van der Waals surface area contributed by atoms with E-state index in [2.05, 4.69) is 10.3 Å². The number of benzene rings is 2. The molecular weight excluding hydrogens is 383 g/mol. The number of H-pyrrole nitrogens is 1. The van der Waals surface area contributed by atoms with Crippen molar-refractivity contribution in [3.8, 4) is 11.5 Å². The number of anilines is 1. The predicted octanol–water partition coefficient (Wildman–Crippen LogP) is 3.56. The molecule has 2 aromatic carbocycles. The smallest absolute Gasteiger partial charge is 0.234 e. The molecule has 0 fully saturated rings. The average molecular weight is 402 g/mol. The van der Waals surface area contributed by atoms with Crippen LogP contribution in [0.1, 0.15) is 5.69 Å². The number of methoxy groups -OCH3 is 2. The van der Waals surface area contributed by atoms with Crippen LogP contribution in [-0.2, 0) is 10.5 Å². The Morgan fingerprint density at radius 3 is 2.71 bits per heavy atom. The Bertz CT molecular complexity index is 1070. The van der Waals surface area contributed by atoms with Gasteiger partial charge in [0.1, 0.15) is 17.3 Å². The highest BCUT2D eigenvalue weighted by Gasteiger charge is 2.10. The summed E-state index contributed by atoms with van der Waals surface area (Å²) in [5.41, 5.74) is 1.50. The summed E-state index contributed by atoms with van der Waals surface area (Å²) in [5.74, 6) is 1.10. The minimum Gasteiger partial charge on any atom is -0.497 e. The summed E-state index contributed by atoms with van der Waals surface area (Å²) in [6.07, 6.45) is 0. The minimum atomic E-state index is -0.454. The SMILES string of the molecule is COc1ccc(OC)c(NC(=O)CSCc2cc(=O)c3cc(F)ccc3[nH]2)c1. The number of nitrogens with one attached hydrogen (secondary N) is 2. The fraction of sp³-hybridized carbons (Fsp3) is 0.200. The fourth-order valence-corrected chi connectivity index (χ4v) is 3.44. The summed E-state index contributed by atoms with van der Waals surface area (Å²) in [6, 6.07) is 10.6. The van der Waals surface area contributed by atoms with Gasteiger partial charge in [-0.15, -0.1) is 11.8 Å². The number of amides is 1. The normalized spacial score (nSPS) is 10.7. The van der Waals surface area contributed by atoms with E-state index in [1.54, 1.807) is 25.3 Å². The van der Waals surface area contributed by atoms with E-state index in [4.69, 9.17) is 9.47 Å². The van der Waals surface area contributed by atoms with Crippen LogP contribution in [0.5, 0.6) is 11.5 Å². The minimum absolute atomic E-state index is 0.184. The maximum atomic E-state index is 13.3. The number of hydrogen-bond donors (Lipinski definition) is 2. The third kappa shape index (κ3) is 4.64. The third-order valence-corrected chi connectivity index (χ3v) is 5.00. The molecule has 0 bridgehead atoms. The van der Waals surface area contributed by atoms with Gasteiger partial charge in [-0.05, 0) is 30.3 Å². The van der Waals surface area contributed by atoms with Crippen molar-refractivity contribution in [1.82, 2.24) is 4.98 Å². The first-order chi connectivity index (χ1) is 13.5. The van der Waals surface area contributed by atoms with E-state index < -0.39 is 5.82 Å². The monoisotopic (exact) mass is 402 g/mol. The van der Waals surface area contributed by atoms with Crippen LogP contribution in [0.25, 0.3) is 10.9 Å². The first-order valence-corrected chi connectivity index (χ1v) is 9.56. The highest BCUT2D eigenvalue weighted by molar-refractivity contribution is 7.99. The summed E-state index contributed by atoms with van der Waals surface area (Å²) in [7, 11) is 3.07. The van der Waals surface area contributed by atoms with E-state index in [1.807, 2.05) is 0 Å². The zero-order valence-corrected chi connectivity index (χ0v) is 16.2. The van der Waals surface area contributed by atoms with E-state index in [1.165, 1.54) is 43.1 Å². The van der Waals surface area contributed by atoms with E-state index in [9.17, 15) is 14.0 Å². The van der Waals surface area contributed by atoms with Gasteiger partial charge >= 0.3 is 0 Å². The van der Waals surface area contributed by atoms with Crippen molar-refractivity contribution in [3.63, 3.8) is 0 Å². The third-order valence-electron chi connectivity index (χ3n) is 4.02. The summed E-state index contributed by atoms with van der Waals surface area (Å²) in [5, 5.41) is 3.09. The molecule has 1 heterocycles. The Labute approximate surface area is 165 Å². The van der Waals surface area contributed by atoms with E-state index in [0.29, 0.717) is 39.5 Å². The van der Waals surface area contributed by atoms with Gasteiger partial charge in [-0.1, -0.05) is 0 Å². The highest BCUT2D eigenvalue weighted by Crippen LogP contribution is 2.29. The van der Waals surface area contributed by atoms with Crippen molar-refractivity contribution >= 4 is 34.3 Å². The highest BCUT2D eigenvalue weighted by atomic mass is 32.2. The fourth-order valence-electron chi connectivity index (χ4n) is 2.70. The number of halogens is 1. The number of aromatic nitrogens is 1. The number of carbonyl (C=O) groups is 1. The molecule has 0 atom stereocenters. The number of pyridine rings is 1. The van der Waals surface area contributed by atoms with Gasteiger partial charge in [0.2, 0.25) is 5.91 Å². The van der Waals surface area contributed by atoms with E-state index in [0.717, 1.165) is 0 Å². The van der Waals surface area contributed by atoms with Gasteiger partial charge in [0, 0.05) is 34.5 Å². The lowest BCUT2D eigenvalue weighted by atomic mass is 10.2. The van der Waals surface area contributed by atoms with E-state index in [-0.39, 0.29) is 17.1 Å². The van der Waals surface area contributed by atoms with Crippen LogP contribution in [0.3, 0.4) is 0 Å². The molecule has 2 N–H and O–H groups in total. The average Bonchev–Trinajstić information content (AvgIpc) is 2.68. The number of aromatic amines is 1. The Morgan fingerprint density at radius 2 is 1.96 bits per heavy atom. The summed E-state index contributed by atoms with van der Waals surface area (Å²) >= 11 is 1.35. The summed E-state index contributed by atoms with van der Waals surface area (Å²) in [4.78, 5) is 27.5. The Morgan fingerprint density at radius 1 is 1.14 bits per heavy atom. The van der Waals surface area contributed by atoms with Gasteiger partial charge in [0.15, 0.2) is 5.43 Å². The lowest BCUT2D eigenvalue weighted by Gasteiger charge is -2.11. The largest absolute Gasteiger partial charge is 0.497 e. The molecule has 28 heavy (non-hydrogen) atoms. The standard InChI is InChI=1S/C20H19FN2O4S/c1-26-14-4-6-19(27-2)17(9-14)23-20(25)11-28-10-13-8-18(24)15-7-12(21)3-5-16(15)22-13/h3-9H,10-11H2,1-2H3,(H,22,24)(H,23,25). The lowest BCUT2D eigenvalue weighted by molar-refractivity contribution is -0.113. The Kier molecular flexibility index (Phi) is 6.20. The van der Waals surface area contributed by atoms with Crippen LogP contribution in [0.2, 0.25) is 0 Å². The molecule has 0 aliphatic rings. The van der Waals surface area contributed by atoms with Crippen molar-refractivity contribution in [2.75, 3.05) is 25.3 Å². The van der Waals surface area contributed by atoms with Crippen molar-refractivity contribution in [2.45, 2.75) is 5.75 Å². The van der Waals surface area contributed by atoms with Crippen molar-refractivity contribution in [3.05, 3.63) is 64.2 Å². The van der Waals surface area contributed by atoms with Crippen molar-refractivity contribution in [1.29, 1.82) is 0 Å². The van der Waals surface area contributed by atoms with Gasteiger partial charge in [0.05, 0.1) is 25.7 Å². The first kappa shape index (κ1) is 19.8. The van der Waals surface area contributed by atoms with Gasteiger partial charge in [-0.3, -0.25) is 9.59 Å². The van der Waals surface area contributed by atoms with Crippen LogP contribution in [0, 0.1) is 5.82 Å². The van der Waals surface area contributed by atoms with Gasteiger partial charge < -0.3 is 19.8 Å². The maximum absolute atomic E-state index is 13.3. The molecule has 1 aromatic heterocycles. The lowest BCUT2D eigenvalue weighted by Crippen LogP contribution is -2.15. The number of ether oxygens (including phenoxy) is 2. The maximum Gasteiger partial charge on any atom is 0.234 e. The second-order valence-corrected chi connectivity index (χ2v) is 6.94. The number of fused-ring (bicyclic) bond motifs is 1. The molecule has 1 amide bonds. The first-order valence-electron chi connectivity index (χ1n) is 8.41. The predicted molar refractivity (Wildman–Crippen MR) is 109 cm³/mol. The van der Waals surface area contributed by atoms with Crippen molar-refractivity contribution < 1.29 is 18.7 Å². The summed E-state index contributed by atoms with van der Waals surface area (Å²) in [6.45, 7) is 0. The molecule has 0 spiro atoms. The second kappa shape index (κ2) is 8.79. The number of hydrogen-bond acceptors (Lipinski definition) is 5.